The fourth-order valence-electron chi connectivity index (χ4n) is 3.88. The van der Waals surface area contributed by atoms with Gasteiger partial charge in [0.15, 0.2) is 11.6 Å². The minimum atomic E-state index is 0.163. The first-order valence-electron chi connectivity index (χ1n) is 10.1. The van der Waals surface area contributed by atoms with Crippen LogP contribution < -0.4 is 0 Å². The average molecular weight is 435 g/mol. The Hall–Kier alpha value is -4.16. The summed E-state index contributed by atoms with van der Waals surface area (Å²) in [4.78, 5) is 22.4. The predicted molar refractivity (Wildman–Crippen MR) is 126 cm³/mol. The molecule has 0 saturated carbocycles. The molecule has 7 heteroatoms. The zero-order valence-corrected chi connectivity index (χ0v) is 17.5. The number of fused-ring (bicyclic) bond motifs is 3. The Bertz CT molecular complexity index is 1520. The van der Waals surface area contributed by atoms with Gasteiger partial charge in [0.2, 0.25) is 5.28 Å². The molecule has 0 atom stereocenters. The number of rotatable bonds is 3. The van der Waals surface area contributed by atoms with Crippen LogP contribution in [0.1, 0.15) is 0 Å². The molecule has 0 radical (unpaired) electrons. The number of hydrogen-bond donors (Lipinski definition) is 0. The molecule has 0 unspecified atom stereocenters. The third-order valence-corrected chi connectivity index (χ3v) is 5.47. The van der Waals surface area contributed by atoms with Crippen LogP contribution in [0.4, 0.5) is 0 Å². The monoisotopic (exact) mass is 434 g/mol. The molecule has 4 heterocycles. The van der Waals surface area contributed by atoms with Gasteiger partial charge in [0, 0.05) is 34.6 Å². The molecule has 6 nitrogen and oxygen atoms in total. The predicted octanol–water partition coefficient (Wildman–Crippen LogP) is 5.75. The molecule has 0 aliphatic heterocycles. The molecular formula is C25H15ClN6. The van der Waals surface area contributed by atoms with E-state index >= 15 is 0 Å². The molecule has 2 aromatic carbocycles. The topological polar surface area (TPSA) is 69.4 Å². The van der Waals surface area contributed by atoms with Crippen molar-refractivity contribution in [2.45, 2.75) is 0 Å². The molecule has 0 spiro atoms. The van der Waals surface area contributed by atoms with Crippen LogP contribution in [0.5, 0.6) is 0 Å². The van der Waals surface area contributed by atoms with Crippen molar-refractivity contribution in [3.63, 3.8) is 0 Å². The van der Waals surface area contributed by atoms with E-state index in [9.17, 15) is 0 Å². The SMILES string of the molecule is Clc1nc(-c2ccccc2)nc(-c2ccc(-n3c4cccnc4c4cccnc43)cc2)n1. The largest absolute Gasteiger partial charge is 0.292 e. The van der Waals surface area contributed by atoms with Gasteiger partial charge in [0.25, 0.3) is 0 Å². The van der Waals surface area contributed by atoms with Crippen molar-refractivity contribution in [1.82, 2.24) is 29.5 Å². The van der Waals surface area contributed by atoms with E-state index in [4.69, 9.17) is 11.6 Å². The molecule has 32 heavy (non-hydrogen) atoms. The summed E-state index contributed by atoms with van der Waals surface area (Å²) in [7, 11) is 0. The minimum absolute atomic E-state index is 0.163. The second-order valence-electron chi connectivity index (χ2n) is 7.25. The Labute approximate surface area is 188 Å². The van der Waals surface area contributed by atoms with Gasteiger partial charge in [-0.1, -0.05) is 30.3 Å². The second kappa shape index (κ2) is 7.51. The summed E-state index contributed by atoms with van der Waals surface area (Å²) < 4.78 is 2.11. The van der Waals surface area contributed by atoms with Gasteiger partial charge in [-0.15, -0.1) is 0 Å². The molecule has 0 aliphatic rings. The van der Waals surface area contributed by atoms with E-state index in [2.05, 4.69) is 35.6 Å². The summed E-state index contributed by atoms with van der Waals surface area (Å²) in [5.74, 6) is 1.07. The van der Waals surface area contributed by atoms with Crippen molar-refractivity contribution in [2.75, 3.05) is 0 Å². The molecule has 152 valence electrons. The van der Waals surface area contributed by atoms with Crippen molar-refractivity contribution in [3.8, 4) is 28.5 Å². The quantitative estimate of drug-likeness (QED) is 0.355. The summed E-state index contributed by atoms with van der Waals surface area (Å²) in [6.45, 7) is 0. The summed E-state index contributed by atoms with van der Waals surface area (Å²) >= 11 is 6.21. The number of halogens is 1. The Morgan fingerprint density at radius 1 is 0.625 bits per heavy atom. The molecule has 0 bridgehead atoms. The second-order valence-corrected chi connectivity index (χ2v) is 7.58. The third-order valence-electron chi connectivity index (χ3n) is 5.30. The fourth-order valence-corrected chi connectivity index (χ4v) is 4.04. The molecule has 0 fully saturated rings. The Morgan fingerprint density at radius 3 is 2.09 bits per heavy atom. The van der Waals surface area contributed by atoms with Crippen LogP contribution in [0.25, 0.3) is 50.5 Å². The van der Waals surface area contributed by atoms with Crippen molar-refractivity contribution < 1.29 is 0 Å². The lowest BCUT2D eigenvalue weighted by atomic mass is 10.1. The number of pyridine rings is 2. The van der Waals surface area contributed by atoms with Crippen molar-refractivity contribution in [2.24, 2.45) is 0 Å². The van der Waals surface area contributed by atoms with Crippen LogP contribution in [0, 0.1) is 0 Å². The van der Waals surface area contributed by atoms with Crippen LogP contribution in [-0.2, 0) is 0 Å². The van der Waals surface area contributed by atoms with Crippen LogP contribution in [-0.4, -0.2) is 29.5 Å². The van der Waals surface area contributed by atoms with Crippen molar-refractivity contribution >= 4 is 33.7 Å². The van der Waals surface area contributed by atoms with Crippen LogP contribution >= 0.6 is 11.6 Å². The molecule has 0 amide bonds. The minimum Gasteiger partial charge on any atom is -0.292 e. The van der Waals surface area contributed by atoms with E-state index in [0.29, 0.717) is 11.6 Å². The Morgan fingerprint density at radius 2 is 1.31 bits per heavy atom. The van der Waals surface area contributed by atoms with Crippen molar-refractivity contribution in [3.05, 3.63) is 96.5 Å². The first-order chi connectivity index (χ1) is 15.8. The van der Waals surface area contributed by atoms with Crippen LogP contribution in [0.2, 0.25) is 5.28 Å². The molecular weight excluding hydrogens is 420 g/mol. The molecule has 4 aromatic heterocycles. The van der Waals surface area contributed by atoms with E-state index in [1.807, 2.05) is 72.8 Å². The van der Waals surface area contributed by atoms with E-state index in [1.165, 1.54) is 0 Å². The maximum atomic E-state index is 6.21. The summed E-state index contributed by atoms with van der Waals surface area (Å²) in [6.07, 6.45) is 3.60. The van der Waals surface area contributed by atoms with Crippen molar-refractivity contribution in [1.29, 1.82) is 0 Å². The van der Waals surface area contributed by atoms with Crippen LogP contribution in [0.3, 0.4) is 0 Å². The average Bonchev–Trinajstić information content (AvgIpc) is 3.19. The highest BCUT2D eigenvalue weighted by Crippen LogP contribution is 2.30. The number of benzene rings is 2. The van der Waals surface area contributed by atoms with Gasteiger partial charge in [-0.2, -0.15) is 9.97 Å². The smallest absolute Gasteiger partial charge is 0.226 e. The fraction of sp³-hybridized carbons (Fsp3) is 0. The maximum absolute atomic E-state index is 6.21. The summed E-state index contributed by atoms with van der Waals surface area (Å²) in [6, 6.07) is 25.7. The zero-order chi connectivity index (χ0) is 21.5. The van der Waals surface area contributed by atoms with E-state index < -0.39 is 0 Å². The Kier molecular flexibility index (Phi) is 4.37. The third kappa shape index (κ3) is 3.09. The maximum Gasteiger partial charge on any atom is 0.226 e. The highest BCUT2D eigenvalue weighted by atomic mass is 35.5. The lowest BCUT2D eigenvalue weighted by Gasteiger charge is -2.08. The molecule has 6 aromatic rings. The van der Waals surface area contributed by atoms with Gasteiger partial charge in [0.1, 0.15) is 5.65 Å². The summed E-state index contributed by atoms with van der Waals surface area (Å²) in [5, 5.41) is 1.18. The van der Waals surface area contributed by atoms with Gasteiger partial charge in [-0.25, -0.2) is 9.97 Å². The van der Waals surface area contributed by atoms with Gasteiger partial charge < -0.3 is 0 Å². The van der Waals surface area contributed by atoms with Gasteiger partial charge >= 0.3 is 0 Å². The van der Waals surface area contributed by atoms with E-state index in [1.54, 1.807) is 12.4 Å². The number of nitrogens with zero attached hydrogens (tertiary/aromatic N) is 6. The lowest BCUT2D eigenvalue weighted by molar-refractivity contribution is 1.06. The standard InChI is InChI=1S/C25H15ClN6/c26-25-30-22(16-6-2-1-3-7-16)29-23(31-25)17-10-12-18(13-11-17)32-20-9-5-14-27-21(20)19-8-4-15-28-24(19)32/h1-15H. The first kappa shape index (κ1) is 18.6. The normalized spacial score (nSPS) is 11.3. The lowest BCUT2D eigenvalue weighted by Crippen LogP contribution is -1.98. The molecule has 0 N–H and O–H groups in total. The Balaban J connectivity index is 1.46. The summed E-state index contributed by atoms with van der Waals surface area (Å²) in [5.41, 5.74) is 5.51. The number of hydrogen-bond acceptors (Lipinski definition) is 5. The van der Waals surface area contributed by atoms with Crippen LogP contribution in [0.15, 0.2) is 91.3 Å². The highest BCUT2D eigenvalue weighted by Gasteiger charge is 2.14. The first-order valence-corrected chi connectivity index (χ1v) is 10.4. The van der Waals surface area contributed by atoms with E-state index in [0.717, 1.165) is 38.9 Å². The molecule has 0 saturated heterocycles. The van der Waals surface area contributed by atoms with Gasteiger partial charge in [-0.05, 0) is 60.1 Å². The molecule has 0 aliphatic carbocycles. The number of aromatic nitrogens is 6. The highest BCUT2D eigenvalue weighted by molar-refractivity contribution is 6.28. The molecule has 6 rings (SSSR count). The zero-order valence-electron chi connectivity index (χ0n) is 16.7. The van der Waals surface area contributed by atoms with Gasteiger partial charge in [-0.3, -0.25) is 9.55 Å². The van der Waals surface area contributed by atoms with E-state index in [-0.39, 0.29) is 5.28 Å². The van der Waals surface area contributed by atoms with Gasteiger partial charge in [0.05, 0.1) is 11.0 Å².